The van der Waals surface area contributed by atoms with Crippen molar-refractivity contribution in [2.45, 2.75) is 43.9 Å². The summed E-state index contributed by atoms with van der Waals surface area (Å²) in [7, 11) is 1.34. The molecule has 0 aliphatic carbocycles. The number of halogens is 3. The largest absolute Gasteiger partial charge is 0.492 e. The van der Waals surface area contributed by atoms with Gasteiger partial charge in [0.05, 0.1) is 11.6 Å². The summed E-state index contributed by atoms with van der Waals surface area (Å²) in [6, 6.07) is 2.76. The molecule has 114 valence electrons. The molecule has 1 aromatic rings. The lowest BCUT2D eigenvalue weighted by Gasteiger charge is -2.10. The molecule has 7 heteroatoms. The fourth-order valence-corrected chi connectivity index (χ4v) is 3.49. The predicted octanol–water partition coefficient (Wildman–Crippen LogP) is 5.27. The van der Waals surface area contributed by atoms with Crippen molar-refractivity contribution in [3.8, 4) is 5.75 Å². The van der Waals surface area contributed by atoms with Crippen molar-refractivity contribution in [3.63, 3.8) is 0 Å². The second-order valence-electron chi connectivity index (χ2n) is 4.39. The average molecular weight is 360 g/mol. The van der Waals surface area contributed by atoms with Crippen molar-refractivity contribution in [2.24, 2.45) is 0 Å². The zero-order valence-corrected chi connectivity index (χ0v) is 14.2. The summed E-state index contributed by atoms with van der Waals surface area (Å²) in [6.45, 7) is 2.68. The number of rotatable bonds is 8. The van der Waals surface area contributed by atoms with Gasteiger partial charge in [0, 0.05) is 10.7 Å². The molecule has 0 unspecified atom stereocenters. The molecule has 0 aliphatic rings. The maximum Gasteiger partial charge on any atom is 0.262 e. The highest BCUT2D eigenvalue weighted by Gasteiger charge is 2.19. The van der Waals surface area contributed by atoms with Crippen molar-refractivity contribution in [3.05, 3.63) is 22.2 Å². The van der Waals surface area contributed by atoms with Gasteiger partial charge in [-0.2, -0.15) is 0 Å². The van der Waals surface area contributed by atoms with Crippen molar-refractivity contribution in [2.75, 3.05) is 6.61 Å². The lowest BCUT2D eigenvalue weighted by molar-refractivity contribution is 0.304. The maximum atomic E-state index is 11.3. The lowest BCUT2D eigenvalue weighted by atomic mass is 10.2. The number of hydrogen-bond donors (Lipinski definition) is 0. The Morgan fingerprint density at radius 1 is 1.05 bits per heavy atom. The van der Waals surface area contributed by atoms with Crippen LogP contribution in [0, 0.1) is 0 Å². The van der Waals surface area contributed by atoms with Crippen LogP contribution in [0.4, 0.5) is 0 Å². The molecular formula is C13H17Cl3O3S. The van der Waals surface area contributed by atoms with Crippen LogP contribution in [0.25, 0.3) is 0 Å². The summed E-state index contributed by atoms with van der Waals surface area (Å²) >= 11 is 11.9. The van der Waals surface area contributed by atoms with Gasteiger partial charge in [0.1, 0.15) is 15.7 Å². The summed E-state index contributed by atoms with van der Waals surface area (Å²) in [5.41, 5.74) is 0. The van der Waals surface area contributed by atoms with Gasteiger partial charge in [-0.15, -0.1) is 0 Å². The van der Waals surface area contributed by atoms with Crippen LogP contribution < -0.4 is 4.74 Å². The third kappa shape index (κ3) is 5.32. The van der Waals surface area contributed by atoms with Crippen molar-refractivity contribution in [1.29, 1.82) is 0 Å². The third-order valence-corrected chi connectivity index (χ3v) is 5.12. The van der Waals surface area contributed by atoms with E-state index in [9.17, 15) is 8.42 Å². The molecule has 0 heterocycles. The van der Waals surface area contributed by atoms with Gasteiger partial charge in [0.2, 0.25) is 0 Å². The van der Waals surface area contributed by atoms with E-state index in [0.717, 1.165) is 12.8 Å². The van der Waals surface area contributed by atoms with Gasteiger partial charge in [-0.1, -0.05) is 55.8 Å². The summed E-state index contributed by atoms with van der Waals surface area (Å²) in [4.78, 5) is -0.207. The molecule has 20 heavy (non-hydrogen) atoms. The zero-order valence-electron chi connectivity index (χ0n) is 11.2. The molecule has 0 saturated carbocycles. The van der Waals surface area contributed by atoms with E-state index in [2.05, 4.69) is 6.92 Å². The Bertz CT molecular complexity index is 544. The van der Waals surface area contributed by atoms with Crippen LogP contribution in [0.5, 0.6) is 5.75 Å². The Morgan fingerprint density at radius 2 is 1.70 bits per heavy atom. The molecule has 3 nitrogen and oxygen atoms in total. The highest BCUT2D eigenvalue weighted by atomic mass is 35.7. The van der Waals surface area contributed by atoms with Crippen molar-refractivity contribution in [1.82, 2.24) is 0 Å². The number of benzene rings is 1. The highest BCUT2D eigenvalue weighted by molar-refractivity contribution is 8.13. The first-order valence-electron chi connectivity index (χ1n) is 6.43. The molecule has 0 fully saturated rings. The molecule has 1 aromatic carbocycles. The van der Waals surface area contributed by atoms with Crippen LogP contribution in [-0.4, -0.2) is 15.0 Å². The standard InChI is InChI=1S/C13H17Cl3O3S/c1-2-3-4-5-6-9-19-10-7-8-11(20(16,17)18)13(15)12(10)14/h7-8H,2-6,9H2,1H3. The topological polar surface area (TPSA) is 43.4 Å². The highest BCUT2D eigenvalue weighted by Crippen LogP contribution is 2.37. The minimum atomic E-state index is -3.91. The monoisotopic (exact) mass is 358 g/mol. The minimum Gasteiger partial charge on any atom is -0.492 e. The Labute approximate surface area is 134 Å². The number of ether oxygens (including phenoxy) is 1. The molecule has 0 bridgehead atoms. The van der Waals surface area contributed by atoms with Gasteiger partial charge in [-0.25, -0.2) is 8.42 Å². The van der Waals surface area contributed by atoms with Crippen LogP contribution in [-0.2, 0) is 9.05 Å². The third-order valence-electron chi connectivity index (χ3n) is 2.78. The molecule has 0 aromatic heterocycles. The molecule has 0 spiro atoms. The summed E-state index contributed by atoms with van der Waals surface area (Å²) in [6.07, 6.45) is 5.60. The van der Waals surface area contributed by atoms with E-state index < -0.39 is 9.05 Å². The first-order valence-corrected chi connectivity index (χ1v) is 9.50. The van der Waals surface area contributed by atoms with Crippen molar-refractivity contribution < 1.29 is 13.2 Å². The Morgan fingerprint density at radius 3 is 2.30 bits per heavy atom. The van der Waals surface area contributed by atoms with E-state index in [0.29, 0.717) is 12.4 Å². The smallest absolute Gasteiger partial charge is 0.262 e. The summed E-state index contributed by atoms with van der Waals surface area (Å²) < 4.78 is 28.0. The Kier molecular flexibility index (Phi) is 7.45. The van der Waals surface area contributed by atoms with Gasteiger partial charge < -0.3 is 4.74 Å². The van der Waals surface area contributed by atoms with E-state index in [4.69, 9.17) is 38.6 Å². The molecule has 0 N–H and O–H groups in total. The SMILES string of the molecule is CCCCCCCOc1ccc(S(=O)(=O)Cl)c(Cl)c1Cl. The van der Waals surface area contributed by atoms with Crippen LogP contribution in [0.3, 0.4) is 0 Å². The molecule has 1 rings (SSSR count). The van der Waals surface area contributed by atoms with Gasteiger partial charge in [-0.3, -0.25) is 0 Å². The molecule has 0 atom stereocenters. The van der Waals surface area contributed by atoms with Gasteiger partial charge in [0.25, 0.3) is 9.05 Å². The number of hydrogen-bond acceptors (Lipinski definition) is 3. The van der Waals surface area contributed by atoms with Crippen LogP contribution in [0.2, 0.25) is 10.0 Å². The molecule has 0 saturated heterocycles. The average Bonchev–Trinajstić information content (AvgIpc) is 2.37. The fourth-order valence-electron chi connectivity index (χ4n) is 1.70. The van der Waals surface area contributed by atoms with E-state index in [-0.39, 0.29) is 14.9 Å². The van der Waals surface area contributed by atoms with Crippen LogP contribution in [0.1, 0.15) is 39.0 Å². The van der Waals surface area contributed by atoms with E-state index >= 15 is 0 Å². The molecular weight excluding hydrogens is 343 g/mol. The molecule has 0 radical (unpaired) electrons. The van der Waals surface area contributed by atoms with Crippen LogP contribution in [0.15, 0.2) is 17.0 Å². The zero-order chi connectivity index (χ0) is 15.2. The maximum absolute atomic E-state index is 11.3. The fraction of sp³-hybridized carbons (Fsp3) is 0.538. The van der Waals surface area contributed by atoms with E-state index in [1.165, 1.54) is 31.4 Å². The summed E-state index contributed by atoms with van der Waals surface area (Å²) in [5.74, 6) is 0.372. The quantitative estimate of drug-likeness (QED) is 0.469. The van der Waals surface area contributed by atoms with Gasteiger partial charge in [0.15, 0.2) is 0 Å². The predicted molar refractivity (Wildman–Crippen MR) is 83.8 cm³/mol. The first kappa shape index (κ1) is 17.9. The number of unbranched alkanes of at least 4 members (excludes halogenated alkanes) is 4. The van der Waals surface area contributed by atoms with Gasteiger partial charge in [-0.05, 0) is 18.6 Å². The second-order valence-corrected chi connectivity index (χ2v) is 7.68. The first-order chi connectivity index (χ1) is 9.38. The summed E-state index contributed by atoms with van der Waals surface area (Å²) in [5, 5.41) is -0.0351. The normalized spacial score (nSPS) is 11.6. The molecule has 0 aliphatic heterocycles. The van der Waals surface area contributed by atoms with Crippen LogP contribution >= 0.6 is 33.9 Å². The molecule has 0 amide bonds. The Balaban J connectivity index is 2.63. The van der Waals surface area contributed by atoms with Gasteiger partial charge >= 0.3 is 0 Å². The lowest BCUT2D eigenvalue weighted by Crippen LogP contribution is -2.00. The second kappa shape index (κ2) is 8.32. The van der Waals surface area contributed by atoms with E-state index in [1.807, 2.05) is 0 Å². The van der Waals surface area contributed by atoms with Crippen molar-refractivity contribution >= 4 is 42.9 Å². The minimum absolute atomic E-state index is 0.0712. The van der Waals surface area contributed by atoms with E-state index in [1.54, 1.807) is 0 Å². The Hall–Kier alpha value is -0.160.